The van der Waals surface area contributed by atoms with Crippen LogP contribution >= 0.6 is 11.6 Å². The molecular weight excluding hydrogens is 419 g/mol. The number of hydrogen-bond donors (Lipinski definition) is 1. The Hall–Kier alpha value is -2.74. The van der Waals surface area contributed by atoms with Crippen LogP contribution in [0.5, 0.6) is 0 Å². The Morgan fingerprint density at radius 1 is 1.10 bits per heavy atom. The van der Waals surface area contributed by atoms with Crippen molar-refractivity contribution in [2.45, 2.75) is 31.6 Å². The van der Waals surface area contributed by atoms with Gasteiger partial charge in [-0.2, -0.15) is 0 Å². The van der Waals surface area contributed by atoms with E-state index in [1.54, 1.807) is 12.1 Å². The van der Waals surface area contributed by atoms with Gasteiger partial charge in [0.1, 0.15) is 11.3 Å². The number of fused-ring (bicyclic) bond motifs is 1. The number of rotatable bonds is 3. The number of carbonyl (C=O) groups is 1. The van der Waals surface area contributed by atoms with Crippen molar-refractivity contribution in [3.8, 4) is 0 Å². The molecule has 5 rings (SSSR count). The number of nitrogens with one attached hydrogen (secondary N) is 1. The van der Waals surface area contributed by atoms with Crippen LogP contribution < -0.4 is 4.90 Å². The van der Waals surface area contributed by atoms with Crippen molar-refractivity contribution in [2.75, 3.05) is 31.1 Å². The summed E-state index contributed by atoms with van der Waals surface area (Å²) < 4.78 is 14.0. The Bertz CT molecular complexity index is 1080. The average Bonchev–Trinajstić information content (AvgIpc) is 3.25. The van der Waals surface area contributed by atoms with Crippen LogP contribution in [0.15, 0.2) is 30.3 Å². The monoisotopic (exact) mass is 442 g/mol. The molecule has 162 valence electrons. The van der Waals surface area contributed by atoms with E-state index >= 15 is 0 Å². The van der Waals surface area contributed by atoms with Crippen molar-refractivity contribution < 1.29 is 9.18 Å². The van der Waals surface area contributed by atoms with E-state index in [2.05, 4.69) is 25.1 Å². The largest absolute Gasteiger partial charge is 0.354 e. The smallest absolute Gasteiger partial charge is 0.227 e. The lowest BCUT2D eigenvalue weighted by Gasteiger charge is -2.37. The minimum atomic E-state index is -0.306. The highest BCUT2D eigenvalue weighted by Gasteiger charge is 2.33. The maximum Gasteiger partial charge on any atom is 0.227 e. The average molecular weight is 443 g/mol. The van der Waals surface area contributed by atoms with E-state index in [0.29, 0.717) is 30.3 Å². The first-order valence-electron chi connectivity index (χ1n) is 10.8. The predicted octanol–water partition coefficient (Wildman–Crippen LogP) is 3.77. The van der Waals surface area contributed by atoms with Crippen LogP contribution in [0.25, 0.3) is 11.0 Å². The van der Waals surface area contributed by atoms with E-state index in [0.717, 1.165) is 49.4 Å². The van der Waals surface area contributed by atoms with Gasteiger partial charge < -0.3 is 14.8 Å². The normalized spacial score (nSPS) is 20.4. The maximum atomic E-state index is 14.0. The van der Waals surface area contributed by atoms with Gasteiger partial charge in [0, 0.05) is 32.1 Å². The van der Waals surface area contributed by atoms with Crippen LogP contribution in [0.2, 0.25) is 5.15 Å². The number of likely N-dealkylation sites (tertiary alicyclic amines) is 1. The fourth-order valence-electron chi connectivity index (χ4n) is 4.71. The summed E-state index contributed by atoms with van der Waals surface area (Å²) in [5.41, 5.74) is 1.12. The lowest BCUT2D eigenvalue weighted by molar-refractivity contribution is -0.136. The summed E-state index contributed by atoms with van der Waals surface area (Å²) in [6.45, 7) is 2.91. The van der Waals surface area contributed by atoms with Crippen molar-refractivity contribution in [1.82, 2.24) is 25.1 Å². The molecule has 0 aliphatic carbocycles. The molecule has 1 aromatic carbocycles. The van der Waals surface area contributed by atoms with Gasteiger partial charge in [0.15, 0.2) is 16.8 Å². The van der Waals surface area contributed by atoms with Gasteiger partial charge in [-0.25, -0.2) is 9.37 Å². The summed E-state index contributed by atoms with van der Waals surface area (Å²) in [5.74, 6) is 1.65. The van der Waals surface area contributed by atoms with E-state index in [-0.39, 0.29) is 23.6 Å². The molecule has 4 heterocycles. The predicted molar refractivity (Wildman–Crippen MR) is 117 cm³/mol. The topological polar surface area (TPSA) is 78.0 Å². The molecule has 2 aliphatic rings. The Labute approximate surface area is 184 Å². The molecule has 0 saturated carbocycles. The molecule has 31 heavy (non-hydrogen) atoms. The van der Waals surface area contributed by atoms with Gasteiger partial charge in [-0.3, -0.25) is 4.79 Å². The van der Waals surface area contributed by atoms with Gasteiger partial charge in [-0.05, 0) is 49.9 Å². The number of aromatic nitrogens is 4. The van der Waals surface area contributed by atoms with Gasteiger partial charge in [-0.15, -0.1) is 10.2 Å². The van der Waals surface area contributed by atoms with Crippen molar-refractivity contribution in [1.29, 1.82) is 0 Å². The first kappa shape index (κ1) is 20.2. The van der Waals surface area contributed by atoms with Gasteiger partial charge in [0.2, 0.25) is 5.91 Å². The number of nitrogens with zero attached hydrogens (tertiary/aromatic N) is 5. The van der Waals surface area contributed by atoms with E-state index in [1.165, 1.54) is 6.07 Å². The van der Waals surface area contributed by atoms with Gasteiger partial charge >= 0.3 is 0 Å². The zero-order valence-electron chi connectivity index (χ0n) is 17.1. The van der Waals surface area contributed by atoms with E-state index in [1.807, 2.05) is 17.0 Å². The number of H-pyrrole nitrogens is 1. The minimum absolute atomic E-state index is 0.0388. The summed E-state index contributed by atoms with van der Waals surface area (Å²) in [7, 11) is 0. The van der Waals surface area contributed by atoms with Crippen LogP contribution in [-0.4, -0.2) is 57.2 Å². The standard InChI is InChI=1S/C22H24ClFN6O/c23-18-6-7-19(28-27-18)30-10-2-3-15(13-30)22(31)29-11-8-14(9-12-29)21-25-17-5-1-4-16(24)20(17)26-21/h1,4-7,14-15H,2-3,8-13H2,(H,25,26). The molecule has 2 fully saturated rings. The molecule has 7 nitrogen and oxygen atoms in total. The van der Waals surface area contributed by atoms with Gasteiger partial charge in [-0.1, -0.05) is 17.7 Å². The third-order valence-corrected chi connectivity index (χ3v) is 6.59. The number of aromatic amines is 1. The second kappa shape index (κ2) is 8.42. The van der Waals surface area contributed by atoms with Crippen LogP contribution in [0.3, 0.4) is 0 Å². The third kappa shape index (κ3) is 4.08. The summed E-state index contributed by atoms with van der Waals surface area (Å²) in [4.78, 5) is 25.0. The Kier molecular flexibility index (Phi) is 5.48. The summed E-state index contributed by atoms with van der Waals surface area (Å²) in [6.07, 6.45) is 3.49. The number of benzene rings is 1. The SMILES string of the molecule is O=C(C1CCCN(c2ccc(Cl)nn2)C1)N1CCC(c2nc3c(F)cccc3[nH]2)CC1. The van der Waals surface area contributed by atoms with Crippen molar-refractivity contribution in [3.63, 3.8) is 0 Å². The zero-order valence-corrected chi connectivity index (χ0v) is 17.9. The molecule has 1 unspecified atom stereocenters. The number of carbonyl (C=O) groups excluding carboxylic acids is 1. The quantitative estimate of drug-likeness (QED) is 0.668. The second-order valence-corrected chi connectivity index (χ2v) is 8.74. The minimum Gasteiger partial charge on any atom is -0.354 e. The lowest BCUT2D eigenvalue weighted by Crippen LogP contribution is -2.47. The molecule has 2 aliphatic heterocycles. The molecule has 2 aromatic heterocycles. The zero-order chi connectivity index (χ0) is 21.4. The van der Waals surface area contributed by atoms with E-state index < -0.39 is 0 Å². The molecule has 9 heteroatoms. The van der Waals surface area contributed by atoms with Gasteiger partial charge in [0.25, 0.3) is 0 Å². The summed E-state index contributed by atoms with van der Waals surface area (Å²) in [6, 6.07) is 8.53. The molecule has 0 bridgehead atoms. The first-order valence-corrected chi connectivity index (χ1v) is 11.1. The van der Waals surface area contributed by atoms with Crippen LogP contribution in [-0.2, 0) is 4.79 Å². The van der Waals surface area contributed by atoms with Crippen LogP contribution in [0, 0.1) is 11.7 Å². The molecule has 1 amide bonds. The van der Waals surface area contributed by atoms with Gasteiger partial charge in [0.05, 0.1) is 11.4 Å². The summed E-state index contributed by atoms with van der Waals surface area (Å²) >= 11 is 5.84. The number of amides is 1. The molecular formula is C22H24ClFN6O. The maximum absolute atomic E-state index is 14.0. The number of imidazole rings is 1. The highest BCUT2D eigenvalue weighted by Crippen LogP contribution is 2.30. The molecule has 0 radical (unpaired) electrons. The lowest BCUT2D eigenvalue weighted by atomic mass is 9.92. The van der Waals surface area contributed by atoms with Crippen molar-refractivity contribution in [3.05, 3.63) is 47.1 Å². The molecule has 1 atom stereocenters. The Morgan fingerprint density at radius 3 is 2.68 bits per heavy atom. The summed E-state index contributed by atoms with van der Waals surface area (Å²) in [5, 5.41) is 8.44. The van der Waals surface area contributed by atoms with E-state index in [4.69, 9.17) is 11.6 Å². The molecule has 1 N–H and O–H groups in total. The van der Waals surface area contributed by atoms with Crippen LogP contribution in [0.4, 0.5) is 10.2 Å². The fourth-order valence-corrected chi connectivity index (χ4v) is 4.81. The Balaban J connectivity index is 1.21. The second-order valence-electron chi connectivity index (χ2n) is 8.36. The molecule has 2 saturated heterocycles. The van der Waals surface area contributed by atoms with Crippen molar-refractivity contribution in [2.24, 2.45) is 5.92 Å². The number of hydrogen-bond acceptors (Lipinski definition) is 5. The van der Waals surface area contributed by atoms with E-state index in [9.17, 15) is 9.18 Å². The highest BCUT2D eigenvalue weighted by atomic mass is 35.5. The first-order chi connectivity index (χ1) is 15.1. The highest BCUT2D eigenvalue weighted by molar-refractivity contribution is 6.29. The third-order valence-electron chi connectivity index (χ3n) is 6.39. The molecule has 0 spiro atoms. The molecule has 3 aromatic rings. The number of anilines is 1. The number of para-hydroxylation sites is 1. The Morgan fingerprint density at radius 2 is 1.94 bits per heavy atom. The number of halogens is 2. The fraction of sp³-hybridized carbons (Fsp3) is 0.455. The van der Waals surface area contributed by atoms with Crippen LogP contribution in [0.1, 0.15) is 37.4 Å². The van der Waals surface area contributed by atoms with Crippen molar-refractivity contribution >= 4 is 34.4 Å². The number of piperidine rings is 2.